The molecule has 0 aliphatic carbocycles. The SMILES string of the molecule is CCN(CCO)C(=O)c1sc(=O)n(C)c1C. The molecule has 0 saturated carbocycles. The molecule has 0 saturated heterocycles. The number of hydrogen-bond donors (Lipinski definition) is 1. The van der Waals surface area contributed by atoms with Crippen LogP contribution in [0.2, 0.25) is 0 Å². The summed E-state index contributed by atoms with van der Waals surface area (Å²) in [7, 11) is 1.65. The lowest BCUT2D eigenvalue weighted by atomic mass is 10.3. The Hall–Kier alpha value is -1.14. The van der Waals surface area contributed by atoms with Gasteiger partial charge in [0.25, 0.3) is 5.91 Å². The maximum Gasteiger partial charge on any atom is 0.307 e. The van der Waals surface area contributed by atoms with Crippen molar-refractivity contribution in [1.29, 1.82) is 0 Å². The maximum atomic E-state index is 12.0. The number of amides is 1. The molecule has 0 aliphatic rings. The summed E-state index contributed by atoms with van der Waals surface area (Å²) < 4.78 is 1.46. The zero-order valence-corrected chi connectivity index (χ0v) is 10.5. The summed E-state index contributed by atoms with van der Waals surface area (Å²) in [6, 6.07) is 0. The van der Waals surface area contributed by atoms with Crippen molar-refractivity contribution in [2.24, 2.45) is 7.05 Å². The van der Waals surface area contributed by atoms with E-state index in [2.05, 4.69) is 0 Å². The van der Waals surface area contributed by atoms with Crippen molar-refractivity contribution in [2.75, 3.05) is 19.7 Å². The average Bonchev–Trinajstić information content (AvgIpc) is 2.53. The second-order valence-corrected chi connectivity index (χ2v) is 4.41. The van der Waals surface area contributed by atoms with Gasteiger partial charge in [-0.05, 0) is 13.8 Å². The van der Waals surface area contributed by atoms with E-state index in [1.54, 1.807) is 14.0 Å². The highest BCUT2D eigenvalue weighted by Gasteiger charge is 2.20. The minimum atomic E-state index is -0.184. The molecular formula is C10H16N2O3S. The van der Waals surface area contributed by atoms with E-state index < -0.39 is 0 Å². The molecule has 1 amide bonds. The molecule has 1 N–H and O–H groups in total. The van der Waals surface area contributed by atoms with E-state index >= 15 is 0 Å². The molecule has 0 spiro atoms. The Labute approximate surface area is 97.9 Å². The lowest BCUT2D eigenvalue weighted by Crippen LogP contribution is -2.33. The van der Waals surface area contributed by atoms with Crippen LogP contribution in [-0.4, -0.2) is 40.2 Å². The van der Waals surface area contributed by atoms with Crippen LogP contribution in [0.4, 0.5) is 0 Å². The van der Waals surface area contributed by atoms with E-state index in [-0.39, 0.29) is 17.4 Å². The van der Waals surface area contributed by atoms with Crippen LogP contribution in [-0.2, 0) is 7.05 Å². The van der Waals surface area contributed by atoms with E-state index in [1.165, 1.54) is 9.47 Å². The number of rotatable bonds is 4. The molecule has 0 aromatic carbocycles. The predicted octanol–water partition coefficient (Wildman–Crippen LogP) is 0.210. The Morgan fingerprint density at radius 3 is 2.56 bits per heavy atom. The zero-order chi connectivity index (χ0) is 12.3. The summed E-state index contributed by atoms with van der Waals surface area (Å²) >= 11 is 0.953. The summed E-state index contributed by atoms with van der Waals surface area (Å²) in [6.07, 6.45) is 0. The fraction of sp³-hybridized carbons (Fsp3) is 0.600. The Morgan fingerprint density at radius 1 is 1.56 bits per heavy atom. The molecule has 0 unspecified atom stereocenters. The smallest absolute Gasteiger partial charge is 0.307 e. The zero-order valence-electron chi connectivity index (χ0n) is 9.69. The van der Waals surface area contributed by atoms with Gasteiger partial charge in [0.15, 0.2) is 0 Å². The quantitative estimate of drug-likeness (QED) is 0.823. The number of carbonyl (C=O) groups is 1. The van der Waals surface area contributed by atoms with Crippen molar-refractivity contribution in [2.45, 2.75) is 13.8 Å². The van der Waals surface area contributed by atoms with Crippen LogP contribution in [0.5, 0.6) is 0 Å². The van der Waals surface area contributed by atoms with E-state index in [0.29, 0.717) is 23.7 Å². The van der Waals surface area contributed by atoms with Gasteiger partial charge < -0.3 is 14.6 Å². The Bertz CT molecular complexity index is 436. The third-order valence-corrected chi connectivity index (χ3v) is 3.65. The number of likely N-dealkylation sites (N-methyl/N-ethyl adjacent to an activating group) is 1. The van der Waals surface area contributed by atoms with Crippen LogP contribution < -0.4 is 4.87 Å². The summed E-state index contributed by atoms with van der Waals surface area (Å²) in [4.78, 5) is 25.3. The van der Waals surface area contributed by atoms with Crippen LogP contribution in [0.15, 0.2) is 4.79 Å². The van der Waals surface area contributed by atoms with Crippen molar-refractivity contribution in [1.82, 2.24) is 9.47 Å². The third-order valence-electron chi connectivity index (χ3n) is 2.53. The molecule has 16 heavy (non-hydrogen) atoms. The average molecular weight is 244 g/mol. The van der Waals surface area contributed by atoms with Crippen molar-refractivity contribution < 1.29 is 9.90 Å². The molecule has 6 heteroatoms. The van der Waals surface area contributed by atoms with Crippen LogP contribution in [0.1, 0.15) is 22.3 Å². The second kappa shape index (κ2) is 5.27. The first-order valence-corrected chi connectivity index (χ1v) is 5.91. The van der Waals surface area contributed by atoms with Gasteiger partial charge in [0.05, 0.1) is 6.61 Å². The second-order valence-electron chi connectivity index (χ2n) is 3.45. The molecule has 90 valence electrons. The first-order valence-electron chi connectivity index (χ1n) is 5.09. The number of hydrogen-bond acceptors (Lipinski definition) is 4. The molecule has 0 bridgehead atoms. The van der Waals surface area contributed by atoms with E-state index in [4.69, 9.17) is 5.11 Å². The largest absolute Gasteiger partial charge is 0.395 e. The van der Waals surface area contributed by atoms with Gasteiger partial charge in [-0.1, -0.05) is 11.3 Å². The fourth-order valence-corrected chi connectivity index (χ4v) is 2.33. The van der Waals surface area contributed by atoms with Crippen molar-refractivity contribution in [3.05, 3.63) is 20.2 Å². The summed E-state index contributed by atoms with van der Waals surface area (Å²) in [5, 5.41) is 8.84. The lowest BCUT2D eigenvalue weighted by molar-refractivity contribution is 0.0735. The lowest BCUT2D eigenvalue weighted by Gasteiger charge is -2.18. The van der Waals surface area contributed by atoms with Gasteiger partial charge in [-0.2, -0.15) is 0 Å². The predicted molar refractivity (Wildman–Crippen MR) is 63.0 cm³/mol. The number of nitrogens with zero attached hydrogens (tertiary/aromatic N) is 2. The van der Waals surface area contributed by atoms with E-state index in [1.807, 2.05) is 6.92 Å². The van der Waals surface area contributed by atoms with E-state index in [9.17, 15) is 9.59 Å². The number of thiazole rings is 1. The topological polar surface area (TPSA) is 62.5 Å². The van der Waals surface area contributed by atoms with Crippen LogP contribution in [0, 0.1) is 6.92 Å². The maximum absolute atomic E-state index is 12.0. The van der Waals surface area contributed by atoms with Gasteiger partial charge in [0.2, 0.25) is 0 Å². The highest BCUT2D eigenvalue weighted by molar-refractivity contribution is 7.11. The summed E-state index contributed by atoms with van der Waals surface area (Å²) in [5.74, 6) is -0.184. The van der Waals surface area contributed by atoms with Crippen LogP contribution in [0.25, 0.3) is 0 Å². The Morgan fingerprint density at radius 2 is 2.19 bits per heavy atom. The first kappa shape index (κ1) is 12.9. The molecule has 0 fully saturated rings. The Kier molecular flexibility index (Phi) is 4.26. The van der Waals surface area contributed by atoms with Crippen molar-refractivity contribution in [3.63, 3.8) is 0 Å². The monoisotopic (exact) mass is 244 g/mol. The number of carbonyl (C=O) groups excluding carboxylic acids is 1. The molecule has 0 aliphatic heterocycles. The van der Waals surface area contributed by atoms with Gasteiger partial charge >= 0.3 is 4.87 Å². The molecule has 0 radical (unpaired) electrons. The minimum absolute atomic E-state index is 0.0691. The molecule has 0 atom stereocenters. The van der Waals surface area contributed by atoms with Gasteiger partial charge in [0.1, 0.15) is 4.88 Å². The normalized spacial score (nSPS) is 10.5. The fourth-order valence-electron chi connectivity index (χ4n) is 1.38. The molecule has 1 aromatic rings. The third kappa shape index (κ3) is 2.33. The molecular weight excluding hydrogens is 228 g/mol. The van der Waals surface area contributed by atoms with Gasteiger partial charge in [-0.25, -0.2) is 0 Å². The first-order chi connectivity index (χ1) is 7.52. The van der Waals surface area contributed by atoms with Gasteiger partial charge in [0, 0.05) is 25.8 Å². The summed E-state index contributed by atoms with van der Waals surface area (Å²) in [5.41, 5.74) is 0.677. The highest BCUT2D eigenvalue weighted by Crippen LogP contribution is 2.13. The molecule has 1 rings (SSSR count). The van der Waals surface area contributed by atoms with Crippen molar-refractivity contribution in [3.8, 4) is 0 Å². The Balaban J connectivity index is 3.04. The molecule has 1 heterocycles. The van der Waals surface area contributed by atoms with Gasteiger partial charge in [-0.3, -0.25) is 9.59 Å². The summed E-state index contributed by atoms with van der Waals surface area (Å²) in [6.45, 7) is 4.34. The minimum Gasteiger partial charge on any atom is -0.395 e. The number of aromatic nitrogens is 1. The van der Waals surface area contributed by atoms with Crippen molar-refractivity contribution >= 4 is 17.2 Å². The molecule has 1 aromatic heterocycles. The molecule has 5 nitrogen and oxygen atoms in total. The van der Waals surface area contributed by atoms with Crippen LogP contribution >= 0.6 is 11.3 Å². The van der Waals surface area contributed by atoms with Crippen LogP contribution in [0.3, 0.4) is 0 Å². The standard InChI is InChI=1S/C10H16N2O3S/c1-4-12(5-6-13)9(14)8-7(2)11(3)10(15)16-8/h13H,4-6H2,1-3H3. The highest BCUT2D eigenvalue weighted by atomic mass is 32.1. The van der Waals surface area contributed by atoms with Gasteiger partial charge in [-0.15, -0.1) is 0 Å². The number of aliphatic hydroxyl groups is 1. The number of aliphatic hydroxyl groups excluding tert-OH is 1. The van der Waals surface area contributed by atoms with E-state index in [0.717, 1.165) is 11.3 Å².